The lowest BCUT2D eigenvalue weighted by molar-refractivity contribution is 0.0601. The van der Waals surface area contributed by atoms with Crippen LogP contribution in [0.4, 0.5) is 23.1 Å². The Morgan fingerprint density at radius 3 is 2.50 bits per heavy atom. The van der Waals surface area contributed by atoms with E-state index in [9.17, 15) is 4.79 Å². The lowest BCUT2D eigenvalue weighted by atomic mass is 10.1. The molecule has 1 heterocycles. The van der Waals surface area contributed by atoms with Gasteiger partial charge in [-0.25, -0.2) is 4.79 Å². The third-order valence-electron chi connectivity index (χ3n) is 3.83. The second-order valence-electron chi connectivity index (χ2n) is 5.75. The number of benzene rings is 2. The number of carbonyl (C=O) groups excluding carboxylic acids is 1. The maximum Gasteiger partial charge on any atom is 0.337 e. The fourth-order valence-corrected chi connectivity index (χ4v) is 2.53. The van der Waals surface area contributed by atoms with Gasteiger partial charge >= 0.3 is 5.97 Å². The van der Waals surface area contributed by atoms with Crippen LogP contribution in [0.3, 0.4) is 0 Å². The van der Waals surface area contributed by atoms with Crippen LogP contribution in [0, 0.1) is 13.8 Å². The predicted molar refractivity (Wildman–Crippen MR) is 100 cm³/mol. The van der Waals surface area contributed by atoms with Crippen LogP contribution in [-0.2, 0) is 4.74 Å². The number of nitrogens with zero attached hydrogens (tertiary/aromatic N) is 3. The first kappa shape index (κ1) is 17.3. The van der Waals surface area contributed by atoms with Gasteiger partial charge in [-0.2, -0.15) is 10.1 Å². The van der Waals surface area contributed by atoms with Crippen molar-refractivity contribution in [3.63, 3.8) is 0 Å². The minimum atomic E-state index is -0.405. The van der Waals surface area contributed by atoms with E-state index >= 15 is 0 Å². The van der Waals surface area contributed by atoms with Crippen molar-refractivity contribution in [1.29, 1.82) is 0 Å². The van der Waals surface area contributed by atoms with Crippen LogP contribution in [-0.4, -0.2) is 28.3 Å². The number of rotatable bonds is 5. The molecule has 2 aromatic carbocycles. The highest BCUT2D eigenvalue weighted by Crippen LogP contribution is 2.23. The van der Waals surface area contributed by atoms with Crippen LogP contribution in [0.1, 0.15) is 21.5 Å². The van der Waals surface area contributed by atoms with E-state index in [0.717, 1.165) is 16.8 Å². The van der Waals surface area contributed by atoms with Crippen LogP contribution < -0.4 is 10.6 Å². The third-order valence-corrected chi connectivity index (χ3v) is 3.83. The SMILES string of the molecule is COC(=O)c1cccc(Nc2nncc(Nc3c(C)cccc3C)n2)c1. The highest BCUT2D eigenvalue weighted by Gasteiger charge is 2.08. The Balaban J connectivity index is 1.81. The van der Waals surface area contributed by atoms with Crippen molar-refractivity contribution in [3.8, 4) is 0 Å². The summed E-state index contributed by atoms with van der Waals surface area (Å²) in [5.74, 6) is 0.491. The van der Waals surface area contributed by atoms with Gasteiger partial charge in [-0.05, 0) is 43.2 Å². The number of hydrogen-bond acceptors (Lipinski definition) is 7. The van der Waals surface area contributed by atoms with Gasteiger partial charge in [-0.1, -0.05) is 24.3 Å². The lowest BCUT2D eigenvalue weighted by Crippen LogP contribution is -2.05. The molecule has 0 saturated carbocycles. The summed E-state index contributed by atoms with van der Waals surface area (Å²) < 4.78 is 4.73. The zero-order valence-electron chi connectivity index (χ0n) is 14.8. The van der Waals surface area contributed by atoms with Gasteiger partial charge in [0.15, 0.2) is 5.82 Å². The average molecular weight is 349 g/mol. The van der Waals surface area contributed by atoms with Crippen molar-refractivity contribution >= 4 is 29.1 Å². The summed E-state index contributed by atoms with van der Waals surface area (Å²) in [4.78, 5) is 16.1. The number of hydrogen-bond donors (Lipinski definition) is 2. The molecule has 0 fully saturated rings. The topological polar surface area (TPSA) is 89.0 Å². The van der Waals surface area contributed by atoms with E-state index in [2.05, 4.69) is 25.8 Å². The van der Waals surface area contributed by atoms with Crippen molar-refractivity contribution in [1.82, 2.24) is 15.2 Å². The van der Waals surface area contributed by atoms with Gasteiger partial charge in [-0.3, -0.25) is 0 Å². The minimum absolute atomic E-state index is 0.322. The van der Waals surface area contributed by atoms with E-state index in [1.807, 2.05) is 32.0 Å². The van der Waals surface area contributed by atoms with Gasteiger partial charge < -0.3 is 15.4 Å². The van der Waals surface area contributed by atoms with Crippen LogP contribution in [0.25, 0.3) is 0 Å². The van der Waals surface area contributed by atoms with Crippen LogP contribution >= 0.6 is 0 Å². The van der Waals surface area contributed by atoms with Gasteiger partial charge in [0.1, 0.15) is 0 Å². The molecule has 2 N–H and O–H groups in total. The molecule has 7 nitrogen and oxygen atoms in total. The van der Waals surface area contributed by atoms with E-state index in [1.54, 1.807) is 30.5 Å². The molecule has 1 aromatic heterocycles. The summed E-state index contributed by atoms with van der Waals surface area (Å²) in [5.41, 5.74) is 4.33. The number of aryl methyl sites for hydroxylation is 2. The van der Waals surface area contributed by atoms with Gasteiger partial charge in [0, 0.05) is 11.4 Å². The zero-order chi connectivity index (χ0) is 18.5. The van der Waals surface area contributed by atoms with Gasteiger partial charge in [0.05, 0.1) is 18.9 Å². The van der Waals surface area contributed by atoms with Crippen LogP contribution in [0.5, 0.6) is 0 Å². The summed E-state index contributed by atoms with van der Waals surface area (Å²) in [6.07, 6.45) is 1.56. The van der Waals surface area contributed by atoms with Crippen molar-refractivity contribution < 1.29 is 9.53 Å². The van der Waals surface area contributed by atoms with Crippen molar-refractivity contribution in [2.45, 2.75) is 13.8 Å². The number of methoxy groups -OCH3 is 1. The summed E-state index contributed by atoms with van der Waals surface area (Å²) in [7, 11) is 1.35. The highest BCUT2D eigenvalue weighted by atomic mass is 16.5. The maximum atomic E-state index is 11.6. The molecular formula is C19H19N5O2. The van der Waals surface area contributed by atoms with Gasteiger partial charge in [-0.15, -0.1) is 5.10 Å². The molecule has 26 heavy (non-hydrogen) atoms. The Morgan fingerprint density at radius 1 is 1.04 bits per heavy atom. The Kier molecular flexibility index (Phi) is 5.07. The molecule has 0 aliphatic rings. The second kappa shape index (κ2) is 7.60. The minimum Gasteiger partial charge on any atom is -0.465 e. The molecule has 0 radical (unpaired) electrons. The molecule has 0 bridgehead atoms. The first-order valence-corrected chi connectivity index (χ1v) is 8.05. The number of anilines is 4. The molecule has 0 unspecified atom stereocenters. The standard InChI is InChI=1S/C19H19N5O2/c1-12-6-4-7-13(2)17(12)22-16-11-20-24-19(23-16)21-15-9-5-8-14(10-15)18(25)26-3/h4-11H,1-3H3,(H2,21,22,23,24). The predicted octanol–water partition coefficient (Wildman–Crippen LogP) is 3.76. The fourth-order valence-electron chi connectivity index (χ4n) is 2.53. The van der Waals surface area contributed by atoms with E-state index < -0.39 is 5.97 Å². The number of carbonyl (C=O) groups is 1. The molecule has 0 aliphatic heterocycles. The number of para-hydroxylation sites is 1. The van der Waals surface area contributed by atoms with Gasteiger partial charge in [0.2, 0.25) is 5.95 Å². The van der Waals surface area contributed by atoms with E-state index in [0.29, 0.717) is 23.0 Å². The third kappa shape index (κ3) is 3.94. The smallest absolute Gasteiger partial charge is 0.337 e. The molecule has 3 rings (SSSR count). The Bertz CT molecular complexity index is 922. The Hall–Kier alpha value is -3.48. The quantitative estimate of drug-likeness (QED) is 0.678. The Morgan fingerprint density at radius 2 is 1.77 bits per heavy atom. The molecule has 3 aromatic rings. The Labute approximate surface area is 151 Å². The van der Waals surface area contributed by atoms with Gasteiger partial charge in [0.25, 0.3) is 0 Å². The van der Waals surface area contributed by atoms with E-state index in [1.165, 1.54) is 7.11 Å². The second-order valence-corrected chi connectivity index (χ2v) is 5.75. The average Bonchev–Trinajstić information content (AvgIpc) is 2.65. The lowest BCUT2D eigenvalue weighted by Gasteiger charge is -2.12. The number of aromatic nitrogens is 3. The molecule has 7 heteroatoms. The monoisotopic (exact) mass is 349 g/mol. The van der Waals surface area contributed by atoms with E-state index in [-0.39, 0.29) is 0 Å². The molecule has 0 saturated heterocycles. The fraction of sp³-hybridized carbons (Fsp3) is 0.158. The molecule has 0 spiro atoms. The molecule has 0 atom stereocenters. The number of ether oxygens (including phenoxy) is 1. The number of esters is 1. The molecule has 0 amide bonds. The van der Waals surface area contributed by atoms with Crippen molar-refractivity contribution in [2.75, 3.05) is 17.7 Å². The van der Waals surface area contributed by atoms with Crippen molar-refractivity contribution in [2.24, 2.45) is 0 Å². The highest BCUT2D eigenvalue weighted by molar-refractivity contribution is 5.90. The van der Waals surface area contributed by atoms with Crippen LogP contribution in [0.2, 0.25) is 0 Å². The number of nitrogens with one attached hydrogen (secondary N) is 2. The van der Waals surface area contributed by atoms with Crippen molar-refractivity contribution in [3.05, 3.63) is 65.4 Å². The molecular weight excluding hydrogens is 330 g/mol. The summed E-state index contributed by atoms with van der Waals surface area (Å²) in [6, 6.07) is 13.0. The molecule has 132 valence electrons. The maximum absolute atomic E-state index is 11.6. The first-order chi connectivity index (χ1) is 12.6. The van der Waals surface area contributed by atoms with E-state index in [4.69, 9.17) is 4.74 Å². The summed E-state index contributed by atoms with van der Waals surface area (Å²) in [6.45, 7) is 4.06. The molecule has 0 aliphatic carbocycles. The summed E-state index contributed by atoms with van der Waals surface area (Å²) >= 11 is 0. The van der Waals surface area contributed by atoms with Crippen LogP contribution in [0.15, 0.2) is 48.7 Å². The summed E-state index contributed by atoms with van der Waals surface area (Å²) in [5, 5.41) is 14.3. The normalized spacial score (nSPS) is 10.3. The first-order valence-electron chi connectivity index (χ1n) is 8.05. The largest absolute Gasteiger partial charge is 0.465 e. The zero-order valence-corrected chi connectivity index (χ0v) is 14.8.